The molecule has 0 aliphatic carbocycles. The molecule has 0 saturated heterocycles. The summed E-state index contributed by atoms with van der Waals surface area (Å²) in [5, 5.41) is 3.24. The quantitative estimate of drug-likeness (QED) is 0.890. The van der Waals surface area contributed by atoms with Crippen LogP contribution in [0.5, 0.6) is 0 Å². The van der Waals surface area contributed by atoms with E-state index in [1.54, 1.807) is 13.4 Å². The van der Waals surface area contributed by atoms with Gasteiger partial charge in [-0.05, 0) is 36.6 Å². The van der Waals surface area contributed by atoms with Gasteiger partial charge in [-0.3, -0.25) is 10.1 Å². The highest BCUT2D eigenvalue weighted by molar-refractivity contribution is 5.95. The van der Waals surface area contributed by atoms with Gasteiger partial charge in [0.2, 0.25) is 5.91 Å². The van der Waals surface area contributed by atoms with Crippen molar-refractivity contribution in [3.63, 3.8) is 0 Å². The van der Waals surface area contributed by atoms with E-state index in [1.165, 1.54) is 5.56 Å². The minimum atomic E-state index is -0.126. The number of fused-ring (bicyclic) bond motifs is 1. The standard InChI is InChI=1S/C18H22N2O3/c1-22-13-15(17-9-5-11-23-17)19-12-18(21)20-10-4-7-14-6-2-3-8-16(14)20/h2-3,5-6,8-9,11,15,19H,4,7,10,12-13H2,1H3. The van der Waals surface area contributed by atoms with Gasteiger partial charge in [0.15, 0.2) is 0 Å². The number of nitrogens with one attached hydrogen (secondary N) is 1. The van der Waals surface area contributed by atoms with Gasteiger partial charge in [0.1, 0.15) is 5.76 Å². The van der Waals surface area contributed by atoms with Crippen molar-refractivity contribution in [3.05, 3.63) is 54.0 Å². The molecule has 0 fully saturated rings. The molecule has 0 radical (unpaired) electrons. The lowest BCUT2D eigenvalue weighted by molar-refractivity contribution is -0.118. The smallest absolute Gasteiger partial charge is 0.240 e. The number of carbonyl (C=O) groups is 1. The molecule has 1 atom stereocenters. The van der Waals surface area contributed by atoms with Gasteiger partial charge in [0, 0.05) is 19.3 Å². The minimum absolute atomic E-state index is 0.0739. The first-order valence-corrected chi connectivity index (χ1v) is 7.93. The number of hydrogen-bond donors (Lipinski definition) is 1. The summed E-state index contributed by atoms with van der Waals surface area (Å²) >= 11 is 0. The first-order valence-electron chi connectivity index (χ1n) is 7.93. The number of furan rings is 1. The fourth-order valence-corrected chi connectivity index (χ4v) is 3.00. The second-order valence-corrected chi connectivity index (χ2v) is 5.68. The number of aryl methyl sites for hydroxylation is 1. The fraction of sp³-hybridized carbons (Fsp3) is 0.389. The van der Waals surface area contributed by atoms with E-state index in [1.807, 2.05) is 35.2 Å². The van der Waals surface area contributed by atoms with E-state index in [4.69, 9.17) is 9.15 Å². The Balaban J connectivity index is 1.65. The number of rotatable bonds is 6. The molecule has 1 N–H and O–H groups in total. The van der Waals surface area contributed by atoms with Crippen molar-refractivity contribution in [3.8, 4) is 0 Å². The number of hydrogen-bond acceptors (Lipinski definition) is 4. The molecule has 1 aromatic carbocycles. The Morgan fingerprint density at radius 1 is 1.35 bits per heavy atom. The molecule has 23 heavy (non-hydrogen) atoms. The summed E-state index contributed by atoms with van der Waals surface area (Å²) in [6.45, 7) is 1.48. The van der Waals surface area contributed by atoms with E-state index in [2.05, 4.69) is 11.4 Å². The molecule has 0 bridgehead atoms. The highest BCUT2D eigenvalue weighted by atomic mass is 16.5. The first-order chi connectivity index (χ1) is 11.3. The summed E-state index contributed by atoms with van der Waals surface area (Å²) in [6.07, 6.45) is 3.66. The number of anilines is 1. The maximum Gasteiger partial charge on any atom is 0.240 e. The van der Waals surface area contributed by atoms with Gasteiger partial charge < -0.3 is 14.1 Å². The van der Waals surface area contributed by atoms with Crippen molar-refractivity contribution in [2.24, 2.45) is 0 Å². The average molecular weight is 314 g/mol. The van der Waals surface area contributed by atoms with Gasteiger partial charge in [0.05, 0.1) is 25.5 Å². The number of amides is 1. The Morgan fingerprint density at radius 2 is 2.22 bits per heavy atom. The summed E-state index contributed by atoms with van der Waals surface area (Å²) < 4.78 is 10.6. The third-order valence-electron chi connectivity index (χ3n) is 4.13. The van der Waals surface area contributed by atoms with Gasteiger partial charge in [0.25, 0.3) is 0 Å². The molecule has 1 aliphatic heterocycles. The van der Waals surface area contributed by atoms with Crippen LogP contribution >= 0.6 is 0 Å². The minimum Gasteiger partial charge on any atom is -0.468 e. The Kier molecular flexibility index (Phi) is 5.10. The summed E-state index contributed by atoms with van der Waals surface area (Å²) in [5.41, 5.74) is 2.28. The van der Waals surface area contributed by atoms with Crippen molar-refractivity contribution >= 4 is 11.6 Å². The largest absolute Gasteiger partial charge is 0.468 e. The molecule has 2 aromatic rings. The molecule has 2 heterocycles. The van der Waals surface area contributed by atoms with Gasteiger partial charge in [-0.1, -0.05) is 18.2 Å². The second-order valence-electron chi connectivity index (χ2n) is 5.68. The van der Waals surface area contributed by atoms with Gasteiger partial charge in [-0.15, -0.1) is 0 Å². The van der Waals surface area contributed by atoms with Crippen LogP contribution in [0.2, 0.25) is 0 Å². The molecule has 1 unspecified atom stereocenters. The number of methoxy groups -OCH3 is 1. The van der Waals surface area contributed by atoms with Gasteiger partial charge >= 0.3 is 0 Å². The predicted molar refractivity (Wildman–Crippen MR) is 88.4 cm³/mol. The topological polar surface area (TPSA) is 54.7 Å². The lowest BCUT2D eigenvalue weighted by atomic mass is 10.0. The third kappa shape index (κ3) is 3.63. The summed E-state index contributed by atoms with van der Waals surface area (Å²) in [6, 6.07) is 11.7. The van der Waals surface area contributed by atoms with Crippen LogP contribution in [0.25, 0.3) is 0 Å². The van der Waals surface area contributed by atoms with Crippen molar-refractivity contribution in [2.45, 2.75) is 18.9 Å². The van der Waals surface area contributed by atoms with E-state index in [0.717, 1.165) is 30.8 Å². The lowest BCUT2D eigenvalue weighted by Crippen LogP contribution is -2.42. The number of nitrogens with zero attached hydrogens (tertiary/aromatic N) is 1. The van der Waals surface area contributed by atoms with E-state index < -0.39 is 0 Å². The van der Waals surface area contributed by atoms with Crippen LogP contribution in [-0.2, 0) is 16.0 Å². The summed E-state index contributed by atoms with van der Waals surface area (Å²) in [4.78, 5) is 14.5. The van der Waals surface area contributed by atoms with Crippen molar-refractivity contribution in [2.75, 3.05) is 31.7 Å². The Morgan fingerprint density at radius 3 is 3.00 bits per heavy atom. The number of benzene rings is 1. The second kappa shape index (κ2) is 7.44. The molecule has 1 aromatic heterocycles. The number of para-hydroxylation sites is 1. The molecule has 3 rings (SSSR count). The molecule has 0 saturated carbocycles. The fourth-order valence-electron chi connectivity index (χ4n) is 3.00. The molecular weight excluding hydrogens is 292 g/mol. The van der Waals surface area contributed by atoms with Crippen LogP contribution in [0.3, 0.4) is 0 Å². The van der Waals surface area contributed by atoms with Crippen molar-refractivity contribution in [1.29, 1.82) is 0 Å². The van der Waals surface area contributed by atoms with E-state index in [0.29, 0.717) is 6.61 Å². The molecule has 1 aliphatic rings. The maximum absolute atomic E-state index is 12.6. The van der Waals surface area contributed by atoms with Crippen molar-refractivity contribution in [1.82, 2.24) is 5.32 Å². The van der Waals surface area contributed by atoms with Gasteiger partial charge in [-0.25, -0.2) is 0 Å². The maximum atomic E-state index is 12.6. The lowest BCUT2D eigenvalue weighted by Gasteiger charge is -2.30. The SMILES string of the molecule is COCC(NCC(=O)N1CCCc2ccccc21)c1ccco1. The highest BCUT2D eigenvalue weighted by Crippen LogP contribution is 2.26. The molecule has 122 valence electrons. The van der Waals surface area contributed by atoms with Crippen LogP contribution in [-0.4, -0.2) is 32.7 Å². The zero-order valence-corrected chi connectivity index (χ0v) is 13.3. The van der Waals surface area contributed by atoms with E-state index in [-0.39, 0.29) is 18.5 Å². The first kappa shape index (κ1) is 15.8. The zero-order chi connectivity index (χ0) is 16.1. The van der Waals surface area contributed by atoms with Crippen LogP contribution in [0, 0.1) is 0 Å². The van der Waals surface area contributed by atoms with Crippen LogP contribution in [0.15, 0.2) is 47.1 Å². The average Bonchev–Trinajstić information content (AvgIpc) is 3.12. The van der Waals surface area contributed by atoms with Crippen molar-refractivity contribution < 1.29 is 13.9 Å². The number of carbonyl (C=O) groups excluding carboxylic acids is 1. The molecule has 0 spiro atoms. The highest BCUT2D eigenvalue weighted by Gasteiger charge is 2.23. The summed E-state index contributed by atoms with van der Waals surface area (Å²) in [5.74, 6) is 0.850. The predicted octanol–water partition coefficient (Wildman–Crippen LogP) is 2.54. The molecule has 1 amide bonds. The Bertz CT molecular complexity index is 639. The normalized spacial score (nSPS) is 15.3. The van der Waals surface area contributed by atoms with E-state index >= 15 is 0 Å². The van der Waals surface area contributed by atoms with E-state index in [9.17, 15) is 4.79 Å². The molecule has 5 heteroatoms. The third-order valence-corrected chi connectivity index (χ3v) is 4.13. The van der Waals surface area contributed by atoms with Crippen LogP contribution < -0.4 is 10.2 Å². The zero-order valence-electron chi connectivity index (χ0n) is 13.3. The summed E-state index contributed by atoms with van der Waals surface area (Å²) in [7, 11) is 1.64. The van der Waals surface area contributed by atoms with Crippen LogP contribution in [0.1, 0.15) is 23.8 Å². The monoisotopic (exact) mass is 314 g/mol. The molecular formula is C18H22N2O3. The Hall–Kier alpha value is -2.11. The number of ether oxygens (including phenoxy) is 1. The van der Waals surface area contributed by atoms with Crippen LogP contribution in [0.4, 0.5) is 5.69 Å². The molecule has 5 nitrogen and oxygen atoms in total. The van der Waals surface area contributed by atoms with Gasteiger partial charge in [-0.2, -0.15) is 0 Å². The Labute approximate surface area is 136 Å².